The van der Waals surface area contributed by atoms with Crippen LogP contribution in [0.4, 0.5) is 0 Å². The van der Waals surface area contributed by atoms with Gasteiger partial charge in [-0.2, -0.15) is 0 Å². The van der Waals surface area contributed by atoms with Crippen LogP contribution in [0, 0.1) is 6.92 Å². The number of nitrogens with zero attached hydrogens (tertiary/aromatic N) is 2. The highest BCUT2D eigenvalue weighted by molar-refractivity contribution is 7.13. The van der Waals surface area contributed by atoms with Gasteiger partial charge in [-0.05, 0) is 25.4 Å². The van der Waals surface area contributed by atoms with Crippen molar-refractivity contribution >= 4 is 11.3 Å². The molecule has 80 valence electrons. The molecule has 0 saturated heterocycles. The maximum absolute atomic E-state index is 4.60. The molecule has 0 radical (unpaired) electrons. The van der Waals surface area contributed by atoms with Crippen molar-refractivity contribution in [2.24, 2.45) is 7.05 Å². The van der Waals surface area contributed by atoms with Gasteiger partial charge in [-0.1, -0.05) is 6.07 Å². The maximum Gasteiger partial charge on any atom is 0.150 e. The molecule has 0 unspecified atom stereocenters. The van der Waals surface area contributed by atoms with Crippen molar-refractivity contribution in [2.75, 3.05) is 7.05 Å². The van der Waals surface area contributed by atoms with Gasteiger partial charge in [0, 0.05) is 13.6 Å². The van der Waals surface area contributed by atoms with Gasteiger partial charge < -0.3 is 9.88 Å². The van der Waals surface area contributed by atoms with E-state index in [0.29, 0.717) is 0 Å². The number of hydrogen-bond acceptors (Lipinski definition) is 3. The predicted octanol–water partition coefficient (Wildman–Crippen LogP) is 2.18. The molecule has 0 bridgehead atoms. The Morgan fingerprint density at radius 2 is 2.33 bits per heavy atom. The molecule has 0 spiro atoms. The second-order valence-electron chi connectivity index (χ2n) is 3.53. The van der Waals surface area contributed by atoms with Crippen LogP contribution in [-0.2, 0) is 13.6 Å². The normalized spacial score (nSPS) is 10.9. The van der Waals surface area contributed by atoms with Crippen molar-refractivity contribution in [3.05, 3.63) is 28.9 Å². The van der Waals surface area contributed by atoms with Gasteiger partial charge in [-0.15, -0.1) is 11.3 Å². The van der Waals surface area contributed by atoms with E-state index in [4.69, 9.17) is 0 Å². The van der Waals surface area contributed by atoms with E-state index in [1.165, 1.54) is 10.6 Å². The summed E-state index contributed by atoms with van der Waals surface area (Å²) in [7, 11) is 4.03. The number of imidazole rings is 1. The van der Waals surface area contributed by atoms with E-state index in [1.54, 1.807) is 11.3 Å². The minimum absolute atomic E-state index is 0.862. The van der Waals surface area contributed by atoms with E-state index in [1.807, 2.05) is 7.05 Å². The van der Waals surface area contributed by atoms with Crippen molar-refractivity contribution in [3.63, 3.8) is 0 Å². The lowest BCUT2D eigenvalue weighted by atomic mass is 10.3. The molecule has 0 amide bonds. The third-order valence-electron chi connectivity index (χ3n) is 2.50. The Balaban J connectivity index is 2.46. The first-order valence-electron chi connectivity index (χ1n) is 4.94. The lowest BCUT2D eigenvalue weighted by Crippen LogP contribution is -2.10. The number of aromatic nitrogens is 2. The Morgan fingerprint density at radius 1 is 1.53 bits per heavy atom. The Hall–Kier alpha value is -1.13. The lowest BCUT2D eigenvalue weighted by molar-refractivity contribution is 0.733. The summed E-state index contributed by atoms with van der Waals surface area (Å²) in [6, 6.07) is 4.16. The number of nitrogens with one attached hydrogen (secondary N) is 1. The van der Waals surface area contributed by atoms with E-state index >= 15 is 0 Å². The molecule has 1 N–H and O–H groups in total. The second-order valence-corrected chi connectivity index (χ2v) is 4.48. The summed E-state index contributed by atoms with van der Waals surface area (Å²) in [5.74, 6) is 1.06. The quantitative estimate of drug-likeness (QED) is 0.861. The van der Waals surface area contributed by atoms with Crippen LogP contribution in [0.25, 0.3) is 10.7 Å². The van der Waals surface area contributed by atoms with Crippen molar-refractivity contribution < 1.29 is 0 Å². The van der Waals surface area contributed by atoms with Gasteiger partial charge in [0.2, 0.25) is 0 Å². The van der Waals surface area contributed by atoms with E-state index in [0.717, 1.165) is 18.1 Å². The predicted molar refractivity (Wildman–Crippen MR) is 64.0 cm³/mol. The van der Waals surface area contributed by atoms with E-state index in [-0.39, 0.29) is 0 Å². The maximum atomic E-state index is 4.60. The van der Waals surface area contributed by atoms with Crippen LogP contribution in [0.1, 0.15) is 11.4 Å². The molecule has 2 rings (SSSR count). The van der Waals surface area contributed by atoms with Gasteiger partial charge >= 0.3 is 0 Å². The van der Waals surface area contributed by atoms with Crippen LogP contribution < -0.4 is 5.32 Å². The molecule has 0 atom stereocenters. The molecule has 0 aliphatic carbocycles. The van der Waals surface area contributed by atoms with Crippen LogP contribution in [0.3, 0.4) is 0 Å². The van der Waals surface area contributed by atoms with Gasteiger partial charge in [-0.25, -0.2) is 4.98 Å². The van der Waals surface area contributed by atoms with Crippen molar-refractivity contribution in [3.8, 4) is 10.7 Å². The number of hydrogen-bond donors (Lipinski definition) is 1. The third-order valence-corrected chi connectivity index (χ3v) is 3.37. The average Bonchev–Trinajstić information content (AvgIpc) is 2.81. The van der Waals surface area contributed by atoms with Crippen LogP contribution in [0.5, 0.6) is 0 Å². The summed E-state index contributed by atoms with van der Waals surface area (Å²) >= 11 is 1.73. The number of thiophene rings is 1. The standard InChI is InChI=1S/C11H15N3S/c1-8-9(7-12-2)14(3)11(13-8)10-5-4-6-15-10/h4-6,12H,7H2,1-3H3. The van der Waals surface area contributed by atoms with Crippen LogP contribution in [0.2, 0.25) is 0 Å². The largest absolute Gasteiger partial charge is 0.329 e. The molecule has 2 aromatic rings. The van der Waals surface area contributed by atoms with Crippen molar-refractivity contribution in [1.29, 1.82) is 0 Å². The summed E-state index contributed by atoms with van der Waals surface area (Å²) < 4.78 is 2.16. The monoisotopic (exact) mass is 221 g/mol. The summed E-state index contributed by atoms with van der Waals surface area (Å²) in [5.41, 5.74) is 2.36. The van der Waals surface area contributed by atoms with Crippen LogP contribution in [0.15, 0.2) is 17.5 Å². The molecule has 4 heteroatoms. The first kappa shape index (κ1) is 10.4. The Labute approximate surface area is 93.8 Å². The summed E-state index contributed by atoms with van der Waals surface area (Å²) in [5, 5.41) is 5.25. The molecule has 2 aromatic heterocycles. The fraction of sp³-hybridized carbons (Fsp3) is 0.364. The Bertz CT molecular complexity index is 443. The smallest absolute Gasteiger partial charge is 0.150 e. The topological polar surface area (TPSA) is 29.9 Å². The molecular weight excluding hydrogens is 206 g/mol. The second kappa shape index (κ2) is 4.16. The zero-order valence-electron chi connectivity index (χ0n) is 9.24. The van der Waals surface area contributed by atoms with Gasteiger partial charge in [0.1, 0.15) is 5.82 Å². The molecule has 0 fully saturated rings. The highest BCUT2D eigenvalue weighted by atomic mass is 32.1. The third kappa shape index (κ3) is 1.82. The average molecular weight is 221 g/mol. The molecule has 0 aliphatic rings. The molecule has 2 heterocycles. The molecule has 15 heavy (non-hydrogen) atoms. The van der Waals surface area contributed by atoms with Crippen LogP contribution in [-0.4, -0.2) is 16.6 Å². The van der Waals surface area contributed by atoms with Crippen LogP contribution >= 0.6 is 11.3 Å². The zero-order valence-corrected chi connectivity index (χ0v) is 10.1. The van der Waals surface area contributed by atoms with Gasteiger partial charge in [0.15, 0.2) is 0 Å². The number of rotatable bonds is 3. The lowest BCUT2D eigenvalue weighted by Gasteiger charge is -2.04. The Morgan fingerprint density at radius 3 is 2.93 bits per heavy atom. The van der Waals surface area contributed by atoms with Crippen molar-refractivity contribution in [1.82, 2.24) is 14.9 Å². The van der Waals surface area contributed by atoms with Gasteiger partial charge in [-0.3, -0.25) is 0 Å². The first-order valence-corrected chi connectivity index (χ1v) is 5.82. The van der Waals surface area contributed by atoms with E-state index in [2.05, 4.69) is 46.4 Å². The first-order chi connectivity index (χ1) is 7.24. The summed E-state index contributed by atoms with van der Waals surface area (Å²) in [6.07, 6.45) is 0. The minimum atomic E-state index is 0.862. The highest BCUT2D eigenvalue weighted by Crippen LogP contribution is 2.25. The van der Waals surface area contributed by atoms with Gasteiger partial charge in [0.25, 0.3) is 0 Å². The zero-order chi connectivity index (χ0) is 10.8. The fourth-order valence-electron chi connectivity index (χ4n) is 1.71. The summed E-state index contributed by atoms with van der Waals surface area (Å²) in [4.78, 5) is 5.83. The minimum Gasteiger partial charge on any atom is -0.329 e. The number of aryl methyl sites for hydroxylation is 1. The van der Waals surface area contributed by atoms with E-state index in [9.17, 15) is 0 Å². The van der Waals surface area contributed by atoms with Gasteiger partial charge in [0.05, 0.1) is 16.3 Å². The Kier molecular flexibility index (Phi) is 2.88. The molecule has 0 saturated carbocycles. The van der Waals surface area contributed by atoms with E-state index < -0.39 is 0 Å². The fourth-order valence-corrected chi connectivity index (χ4v) is 2.46. The highest BCUT2D eigenvalue weighted by Gasteiger charge is 2.12. The van der Waals surface area contributed by atoms with Crippen molar-refractivity contribution in [2.45, 2.75) is 13.5 Å². The molecule has 0 aromatic carbocycles. The SMILES string of the molecule is CNCc1c(C)nc(-c2cccs2)n1C. The molecule has 3 nitrogen and oxygen atoms in total. The molecular formula is C11H15N3S. The summed E-state index contributed by atoms with van der Waals surface area (Å²) in [6.45, 7) is 2.92. The molecule has 0 aliphatic heterocycles.